The summed E-state index contributed by atoms with van der Waals surface area (Å²) in [6, 6.07) is 7.74. The summed E-state index contributed by atoms with van der Waals surface area (Å²) >= 11 is 0. The first-order chi connectivity index (χ1) is 15.0. The number of nitrogens with zero attached hydrogens (tertiary/aromatic N) is 4. The average molecular weight is 424 g/mol. The predicted octanol–water partition coefficient (Wildman–Crippen LogP) is 2.89. The topological polar surface area (TPSA) is 89.3 Å². The number of ether oxygens (including phenoxy) is 1. The third-order valence-electron chi connectivity index (χ3n) is 6.02. The number of fused-ring (bicyclic) bond motifs is 1. The molecule has 1 amide bonds. The first-order valence-corrected chi connectivity index (χ1v) is 10.9. The molecule has 1 N–H and O–H groups in total. The zero-order chi connectivity index (χ0) is 22.0. The summed E-state index contributed by atoms with van der Waals surface area (Å²) in [7, 11) is 0. The van der Waals surface area contributed by atoms with Crippen LogP contribution in [-0.2, 0) is 14.3 Å². The van der Waals surface area contributed by atoms with Gasteiger partial charge >= 0.3 is 5.97 Å². The summed E-state index contributed by atoms with van der Waals surface area (Å²) in [6.07, 6.45) is 5.78. The summed E-state index contributed by atoms with van der Waals surface area (Å²) in [6.45, 7) is 5.98. The average Bonchev–Trinajstić information content (AvgIpc) is 3.42. The minimum absolute atomic E-state index is 0.0740. The van der Waals surface area contributed by atoms with Gasteiger partial charge in [-0.05, 0) is 39.2 Å². The molecule has 1 atom stereocenters. The van der Waals surface area contributed by atoms with Gasteiger partial charge in [-0.25, -0.2) is 9.48 Å². The molecule has 0 saturated heterocycles. The van der Waals surface area contributed by atoms with E-state index in [0.29, 0.717) is 17.2 Å². The van der Waals surface area contributed by atoms with Gasteiger partial charge < -0.3 is 15.0 Å². The molecule has 1 fully saturated rings. The zero-order valence-corrected chi connectivity index (χ0v) is 18.3. The van der Waals surface area contributed by atoms with Crippen LogP contribution in [0.2, 0.25) is 0 Å². The molecule has 1 aromatic carbocycles. The Balaban J connectivity index is 1.72. The molecule has 2 heterocycles. The number of amides is 1. The van der Waals surface area contributed by atoms with Crippen molar-refractivity contribution in [2.75, 3.05) is 18.1 Å². The van der Waals surface area contributed by atoms with Crippen LogP contribution in [0.15, 0.2) is 41.9 Å². The summed E-state index contributed by atoms with van der Waals surface area (Å²) in [5.74, 6) is 0.0448. The summed E-state index contributed by atoms with van der Waals surface area (Å²) < 4.78 is 7.10. The quantitative estimate of drug-likeness (QED) is 0.719. The third-order valence-corrected chi connectivity index (χ3v) is 6.02. The van der Waals surface area contributed by atoms with Crippen LogP contribution in [0.5, 0.6) is 0 Å². The van der Waals surface area contributed by atoms with Gasteiger partial charge in [-0.3, -0.25) is 4.79 Å². The summed E-state index contributed by atoms with van der Waals surface area (Å²) in [4.78, 5) is 32.0. The van der Waals surface area contributed by atoms with Gasteiger partial charge in [0, 0.05) is 11.7 Å². The van der Waals surface area contributed by atoms with E-state index in [1.165, 1.54) is 6.33 Å². The number of esters is 1. The molecular weight excluding hydrogens is 394 g/mol. The van der Waals surface area contributed by atoms with Crippen molar-refractivity contribution in [3.8, 4) is 0 Å². The highest BCUT2D eigenvalue weighted by atomic mass is 16.5. The molecule has 4 rings (SSSR count). The van der Waals surface area contributed by atoms with Crippen molar-refractivity contribution in [2.45, 2.75) is 58.5 Å². The number of carbonyl (C=O) groups is 2. The molecule has 1 aliphatic carbocycles. The molecule has 1 aromatic heterocycles. The number of benzene rings is 1. The largest absolute Gasteiger partial charge is 0.463 e. The molecule has 2 aromatic rings. The lowest BCUT2D eigenvalue weighted by molar-refractivity contribution is -0.139. The van der Waals surface area contributed by atoms with Crippen LogP contribution in [-0.4, -0.2) is 45.8 Å². The van der Waals surface area contributed by atoms with E-state index in [4.69, 9.17) is 4.74 Å². The number of aromatic nitrogens is 3. The van der Waals surface area contributed by atoms with Crippen molar-refractivity contribution in [3.05, 3.63) is 53.0 Å². The van der Waals surface area contributed by atoms with Gasteiger partial charge in [0.1, 0.15) is 18.9 Å². The fourth-order valence-corrected chi connectivity index (χ4v) is 4.44. The molecule has 8 nitrogen and oxygen atoms in total. The number of anilines is 1. The van der Waals surface area contributed by atoms with Gasteiger partial charge in [0.2, 0.25) is 11.9 Å². The molecule has 0 bridgehead atoms. The predicted molar refractivity (Wildman–Crippen MR) is 116 cm³/mol. The molecule has 1 aliphatic heterocycles. The molecule has 0 radical (unpaired) electrons. The Morgan fingerprint density at radius 3 is 2.55 bits per heavy atom. The molecule has 1 saturated carbocycles. The molecule has 31 heavy (non-hydrogen) atoms. The molecular formula is C23H29N5O3. The van der Waals surface area contributed by atoms with Crippen molar-refractivity contribution >= 4 is 17.8 Å². The summed E-state index contributed by atoms with van der Waals surface area (Å²) in [5.41, 5.74) is 3.17. The maximum absolute atomic E-state index is 13.0. The van der Waals surface area contributed by atoms with Gasteiger partial charge in [-0.2, -0.15) is 10.1 Å². The van der Waals surface area contributed by atoms with Gasteiger partial charge in [0.05, 0.1) is 12.2 Å². The van der Waals surface area contributed by atoms with Crippen LogP contribution >= 0.6 is 0 Å². The second kappa shape index (κ2) is 8.91. The first-order valence-electron chi connectivity index (χ1n) is 10.9. The van der Waals surface area contributed by atoms with Crippen LogP contribution in [0.3, 0.4) is 0 Å². The van der Waals surface area contributed by atoms with Gasteiger partial charge in [0.15, 0.2) is 0 Å². The van der Waals surface area contributed by atoms with E-state index in [9.17, 15) is 9.59 Å². The van der Waals surface area contributed by atoms with Gasteiger partial charge in [0.25, 0.3) is 0 Å². The van der Waals surface area contributed by atoms with Crippen LogP contribution in [0.25, 0.3) is 0 Å². The highest BCUT2D eigenvalue weighted by Crippen LogP contribution is 2.38. The Morgan fingerprint density at radius 2 is 1.87 bits per heavy atom. The molecule has 1 unspecified atom stereocenters. The first kappa shape index (κ1) is 21.1. The van der Waals surface area contributed by atoms with Crippen molar-refractivity contribution in [1.82, 2.24) is 20.1 Å². The van der Waals surface area contributed by atoms with Gasteiger partial charge in [-0.15, -0.1) is 0 Å². The van der Waals surface area contributed by atoms with Gasteiger partial charge in [-0.1, -0.05) is 42.7 Å². The van der Waals surface area contributed by atoms with Crippen molar-refractivity contribution < 1.29 is 14.3 Å². The Kier molecular flexibility index (Phi) is 6.06. The SMILES string of the molecule is CCOC(=O)C1=C(C)N(CC(=O)NC2CCCC2)c2ncnn2C1c1ccc(C)cc1. The molecule has 0 spiro atoms. The number of hydrogen-bond acceptors (Lipinski definition) is 6. The lowest BCUT2D eigenvalue weighted by Crippen LogP contribution is -2.44. The lowest BCUT2D eigenvalue weighted by Gasteiger charge is -2.35. The fourth-order valence-electron chi connectivity index (χ4n) is 4.44. The second-order valence-corrected chi connectivity index (χ2v) is 8.17. The Morgan fingerprint density at radius 1 is 1.16 bits per heavy atom. The minimum Gasteiger partial charge on any atom is -0.463 e. The number of hydrogen-bond donors (Lipinski definition) is 1. The number of nitrogens with one attached hydrogen (secondary N) is 1. The zero-order valence-electron chi connectivity index (χ0n) is 18.3. The monoisotopic (exact) mass is 423 g/mol. The normalized spacial score (nSPS) is 18.8. The molecule has 164 valence electrons. The summed E-state index contributed by atoms with van der Waals surface area (Å²) in [5, 5.41) is 7.53. The van der Waals surface area contributed by atoms with E-state index in [-0.39, 0.29) is 25.1 Å². The third kappa shape index (κ3) is 4.19. The van der Waals surface area contributed by atoms with E-state index in [1.807, 2.05) is 38.1 Å². The van der Waals surface area contributed by atoms with E-state index in [1.54, 1.807) is 16.5 Å². The molecule has 2 aliphatic rings. The van der Waals surface area contributed by atoms with Crippen molar-refractivity contribution in [3.63, 3.8) is 0 Å². The maximum atomic E-state index is 13.0. The lowest BCUT2D eigenvalue weighted by atomic mass is 9.94. The van der Waals surface area contributed by atoms with Crippen molar-refractivity contribution in [2.24, 2.45) is 0 Å². The van der Waals surface area contributed by atoms with Crippen LogP contribution in [0, 0.1) is 6.92 Å². The molecule has 8 heteroatoms. The Bertz CT molecular complexity index is 989. The maximum Gasteiger partial charge on any atom is 0.338 e. The minimum atomic E-state index is -0.466. The van der Waals surface area contributed by atoms with Crippen LogP contribution in [0.4, 0.5) is 5.95 Å². The van der Waals surface area contributed by atoms with Crippen LogP contribution in [0.1, 0.15) is 56.7 Å². The van der Waals surface area contributed by atoms with E-state index in [0.717, 1.165) is 36.8 Å². The number of allylic oxidation sites excluding steroid dienone is 1. The Labute approximate surface area is 182 Å². The van der Waals surface area contributed by atoms with Crippen LogP contribution < -0.4 is 10.2 Å². The Hall–Kier alpha value is -3.16. The second-order valence-electron chi connectivity index (χ2n) is 8.17. The number of carbonyl (C=O) groups excluding carboxylic acids is 2. The van der Waals surface area contributed by atoms with Crippen molar-refractivity contribution in [1.29, 1.82) is 0 Å². The van der Waals surface area contributed by atoms with E-state index >= 15 is 0 Å². The standard InChI is InChI=1S/C23H29N5O3/c1-4-31-22(30)20-16(3)27(13-19(29)26-18-7-5-6-8-18)23-24-14-25-28(23)21(20)17-11-9-15(2)10-12-17/h9-12,14,18,21H,4-8,13H2,1-3H3,(H,26,29). The number of rotatable bonds is 6. The van der Waals surface area contributed by atoms with E-state index in [2.05, 4.69) is 15.4 Å². The highest BCUT2D eigenvalue weighted by molar-refractivity contribution is 5.93. The smallest absolute Gasteiger partial charge is 0.338 e. The van der Waals surface area contributed by atoms with E-state index < -0.39 is 12.0 Å². The fraction of sp³-hybridized carbons (Fsp3) is 0.478. The highest BCUT2D eigenvalue weighted by Gasteiger charge is 2.38. The number of aryl methyl sites for hydroxylation is 1.